The highest BCUT2D eigenvalue weighted by Crippen LogP contribution is 2.38. The molecule has 194 valence electrons. The number of hydrogen-bond donors (Lipinski definition) is 3. The maximum atomic E-state index is 13.6. The third kappa shape index (κ3) is 5.08. The molecule has 2 heterocycles. The number of nitrogen functional groups attached to an aromatic ring is 1. The molecule has 0 fully saturated rings. The van der Waals surface area contributed by atoms with Crippen LogP contribution < -0.4 is 21.3 Å². The number of carbonyl (C=O) groups excluding carboxylic acids is 3. The Morgan fingerprint density at radius 1 is 1.05 bits per heavy atom. The maximum Gasteiger partial charge on any atom is 0.412 e. The Balaban J connectivity index is 1.42. The van der Waals surface area contributed by atoms with Gasteiger partial charge in [0.1, 0.15) is 5.60 Å². The Morgan fingerprint density at radius 3 is 2.45 bits per heavy atom. The zero-order valence-corrected chi connectivity index (χ0v) is 21.4. The van der Waals surface area contributed by atoms with E-state index in [-0.39, 0.29) is 5.91 Å². The number of aliphatic imine (C=N–C) groups is 1. The summed E-state index contributed by atoms with van der Waals surface area (Å²) < 4.78 is 5.25. The maximum absolute atomic E-state index is 13.6. The Bertz CT molecular complexity index is 1440. The molecule has 0 aromatic heterocycles. The monoisotopic (exact) mass is 511 g/mol. The zero-order chi connectivity index (χ0) is 27.0. The van der Waals surface area contributed by atoms with Crippen LogP contribution in [-0.2, 0) is 16.0 Å². The third-order valence-corrected chi connectivity index (χ3v) is 6.21. The molecule has 2 aliphatic rings. The van der Waals surface area contributed by atoms with E-state index in [2.05, 4.69) is 10.6 Å². The molecule has 0 spiro atoms. The molecule has 0 aliphatic carbocycles. The van der Waals surface area contributed by atoms with Crippen LogP contribution in [0.25, 0.3) is 0 Å². The van der Waals surface area contributed by atoms with Crippen LogP contribution in [-0.4, -0.2) is 41.9 Å². The fourth-order valence-corrected chi connectivity index (χ4v) is 4.63. The van der Waals surface area contributed by atoms with Gasteiger partial charge in [-0.15, -0.1) is 0 Å². The Morgan fingerprint density at radius 2 is 1.76 bits per heavy atom. The summed E-state index contributed by atoms with van der Waals surface area (Å²) in [6, 6.07) is 19.6. The van der Waals surface area contributed by atoms with Gasteiger partial charge in [-0.3, -0.25) is 14.9 Å². The molecule has 4 N–H and O–H groups in total. The normalized spacial score (nSPS) is 16.3. The molecule has 3 aromatic rings. The molecule has 2 aliphatic heterocycles. The lowest BCUT2D eigenvalue weighted by Crippen LogP contribution is -2.46. The number of carbonyl (C=O) groups is 3. The average molecular weight is 512 g/mol. The van der Waals surface area contributed by atoms with Crippen molar-refractivity contribution in [2.75, 3.05) is 22.5 Å². The SMILES string of the molecule is CC(C)(C)OC(=O)Nc1ccc(C(=O)N[C@@H]2N=C(c3ccccc3)c3cc(N)cc4c3N(CC4)C2=O)cc1. The van der Waals surface area contributed by atoms with Crippen LogP contribution in [0.3, 0.4) is 0 Å². The van der Waals surface area contributed by atoms with Gasteiger partial charge < -0.3 is 20.7 Å². The second-order valence-corrected chi connectivity index (χ2v) is 10.2. The minimum Gasteiger partial charge on any atom is -0.444 e. The van der Waals surface area contributed by atoms with Crippen molar-refractivity contribution in [3.8, 4) is 0 Å². The van der Waals surface area contributed by atoms with Crippen LogP contribution in [0.2, 0.25) is 0 Å². The highest BCUT2D eigenvalue weighted by atomic mass is 16.6. The molecule has 0 unspecified atom stereocenters. The van der Waals surface area contributed by atoms with E-state index in [0.29, 0.717) is 35.6 Å². The number of benzene rings is 3. The Hall–Kier alpha value is -4.66. The van der Waals surface area contributed by atoms with Crippen molar-refractivity contribution in [1.82, 2.24) is 5.32 Å². The molecular formula is C29H29N5O4. The molecule has 3 amide bonds. The fraction of sp³-hybridized carbons (Fsp3) is 0.241. The van der Waals surface area contributed by atoms with E-state index >= 15 is 0 Å². The average Bonchev–Trinajstić information content (AvgIpc) is 3.24. The standard InChI is InChI=1S/C29H29N5O4/c1-29(2,3)38-28(37)31-21-11-9-18(10-12-21)26(35)33-25-27(36)34-14-13-19-15-20(30)16-22(24(19)34)23(32-25)17-7-5-4-6-8-17/h4-12,15-16,25H,13-14,30H2,1-3H3,(H,31,37)(H,33,35)/t25-/m0/s1. The number of ether oxygens (including phenoxy) is 1. The van der Waals surface area contributed by atoms with Gasteiger partial charge in [-0.05, 0) is 69.2 Å². The van der Waals surface area contributed by atoms with Gasteiger partial charge in [-0.2, -0.15) is 0 Å². The topological polar surface area (TPSA) is 126 Å². The van der Waals surface area contributed by atoms with E-state index < -0.39 is 23.8 Å². The number of anilines is 3. The van der Waals surface area contributed by atoms with Crippen LogP contribution >= 0.6 is 0 Å². The second kappa shape index (κ2) is 9.66. The van der Waals surface area contributed by atoms with Crippen molar-refractivity contribution in [3.63, 3.8) is 0 Å². The quantitative estimate of drug-likeness (QED) is 0.455. The molecule has 38 heavy (non-hydrogen) atoms. The molecule has 0 saturated heterocycles. The summed E-state index contributed by atoms with van der Waals surface area (Å²) >= 11 is 0. The van der Waals surface area contributed by atoms with Gasteiger partial charge in [0.2, 0.25) is 6.17 Å². The second-order valence-electron chi connectivity index (χ2n) is 10.2. The first-order valence-corrected chi connectivity index (χ1v) is 12.4. The first kappa shape index (κ1) is 25.0. The summed E-state index contributed by atoms with van der Waals surface area (Å²) in [5.41, 5.74) is 10.9. The highest BCUT2D eigenvalue weighted by molar-refractivity contribution is 6.21. The minimum absolute atomic E-state index is 0.308. The summed E-state index contributed by atoms with van der Waals surface area (Å²) in [6.45, 7) is 5.81. The summed E-state index contributed by atoms with van der Waals surface area (Å²) in [7, 11) is 0. The summed E-state index contributed by atoms with van der Waals surface area (Å²) in [5.74, 6) is -0.773. The van der Waals surface area contributed by atoms with Crippen LogP contribution in [0.5, 0.6) is 0 Å². The predicted octanol–water partition coefficient (Wildman–Crippen LogP) is 4.11. The first-order valence-electron chi connectivity index (χ1n) is 12.4. The molecule has 0 radical (unpaired) electrons. The third-order valence-electron chi connectivity index (χ3n) is 6.21. The van der Waals surface area contributed by atoms with E-state index in [1.165, 1.54) is 0 Å². The molecule has 1 atom stereocenters. The van der Waals surface area contributed by atoms with Gasteiger partial charge >= 0.3 is 6.09 Å². The molecular weight excluding hydrogens is 482 g/mol. The van der Waals surface area contributed by atoms with E-state index in [9.17, 15) is 14.4 Å². The lowest BCUT2D eigenvalue weighted by molar-refractivity contribution is -0.120. The largest absolute Gasteiger partial charge is 0.444 e. The first-order chi connectivity index (χ1) is 18.1. The smallest absolute Gasteiger partial charge is 0.412 e. The van der Waals surface area contributed by atoms with Gasteiger partial charge in [0.15, 0.2) is 0 Å². The van der Waals surface area contributed by atoms with Crippen molar-refractivity contribution >= 4 is 40.7 Å². The molecule has 0 bridgehead atoms. The number of nitrogens with two attached hydrogens (primary N) is 1. The summed E-state index contributed by atoms with van der Waals surface area (Å²) in [5, 5.41) is 5.43. The number of rotatable bonds is 4. The Kier molecular flexibility index (Phi) is 6.36. The molecule has 9 nitrogen and oxygen atoms in total. The molecule has 3 aromatic carbocycles. The van der Waals surface area contributed by atoms with E-state index in [1.807, 2.05) is 42.5 Å². The van der Waals surface area contributed by atoms with Gasteiger partial charge in [-0.1, -0.05) is 30.3 Å². The van der Waals surface area contributed by atoms with Crippen LogP contribution in [0.15, 0.2) is 71.7 Å². The van der Waals surface area contributed by atoms with Crippen molar-refractivity contribution < 1.29 is 19.1 Å². The van der Waals surface area contributed by atoms with Gasteiger partial charge in [0, 0.05) is 34.6 Å². The van der Waals surface area contributed by atoms with Crippen LogP contribution in [0.1, 0.15) is 47.8 Å². The van der Waals surface area contributed by atoms with E-state index in [1.54, 1.807) is 49.9 Å². The Labute approximate surface area is 220 Å². The van der Waals surface area contributed by atoms with Crippen molar-refractivity contribution in [3.05, 3.63) is 89.0 Å². The zero-order valence-electron chi connectivity index (χ0n) is 21.4. The number of hydrogen-bond acceptors (Lipinski definition) is 6. The van der Waals surface area contributed by atoms with E-state index in [4.69, 9.17) is 15.5 Å². The summed E-state index contributed by atoms with van der Waals surface area (Å²) in [4.78, 5) is 45.3. The minimum atomic E-state index is -1.13. The lowest BCUT2D eigenvalue weighted by atomic mass is 9.97. The lowest BCUT2D eigenvalue weighted by Gasteiger charge is -2.21. The fourth-order valence-electron chi connectivity index (χ4n) is 4.63. The van der Waals surface area contributed by atoms with Crippen LogP contribution in [0, 0.1) is 0 Å². The molecule has 0 saturated carbocycles. The van der Waals surface area contributed by atoms with E-state index in [0.717, 1.165) is 22.4 Å². The molecule has 9 heteroatoms. The van der Waals surface area contributed by atoms with Gasteiger partial charge in [-0.25, -0.2) is 9.79 Å². The molecule has 5 rings (SSSR count). The summed E-state index contributed by atoms with van der Waals surface area (Å²) in [6.07, 6.45) is -1.04. The highest BCUT2D eigenvalue weighted by Gasteiger charge is 2.37. The van der Waals surface area contributed by atoms with Crippen molar-refractivity contribution in [2.24, 2.45) is 4.99 Å². The van der Waals surface area contributed by atoms with Crippen molar-refractivity contribution in [1.29, 1.82) is 0 Å². The number of nitrogens with one attached hydrogen (secondary N) is 2. The number of nitrogens with zero attached hydrogens (tertiary/aromatic N) is 2. The predicted molar refractivity (Wildman–Crippen MR) is 147 cm³/mol. The van der Waals surface area contributed by atoms with Gasteiger partial charge in [0.05, 0.1) is 11.4 Å². The van der Waals surface area contributed by atoms with Crippen molar-refractivity contribution in [2.45, 2.75) is 39.0 Å². The number of amides is 3. The van der Waals surface area contributed by atoms with Gasteiger partial charge in [0.25, 0.3) is 11.8 Å². The van der Waals surface area contributed by atoms with Crippen LogP contribution in [0.4, 0.5) is 21.9 Å².